The number of imide groups is 1. The van der Waals surface area contributed by atoms with E-state index < -0.39 is 11.6 Å². The number of aryl methyl sites for hydroxylation is 2. The van der Waals surface area contributed by atoms with Gasteiger partial charge >= 0.3 is 11.8 Å². The van der Waals surface area contributed by atoms with Crippen LogP contribution in [0.2, 0.25) is 0 Å². The van der Waals surface area contributed by atoms with Crippen LogP contribution < -0.4 is 5.69 Å². The molecule has 0 bridgehead atoms. The molecule has 1 aromatic carbocycles. The van der Waals surface area contributed by atoms with Crippen LogP contribution in [0, 0.1) is 0 Å². The van der Waals surface area contributed by atoms with Crippen LogP contribution in [0.3, 0.4) is 0 Å². The maximum atomic E-state index is 13.2. The molecule has 0 saturated carbocycles. The molecule has 3 amide bonds. The number of carbonyl (C=O) groups is 3. The topological polar surface area (TPSA) is 103 Å². The summed E-state index contributed by atoms with van der Waals surface area (Å²) in [6, 6.07) is 5.09. The van der Waals surface area contributed by atoms with Gasteiger partial charge in [-0.1, -0.05) is 12.1 Å². The van der Waals surface area contributed by atoms with E-state index in [1.165, 1.54) is 7.05 Å². The first-order chi connectivity index (χ1) is 17.5. The Morgan fingerprint density at radius 1 is 1.05 bits per heavy atom. The first kappa shape index (κ1) is 26.9. The molecule has 10 heteroatoms. The largest absolute Gasteiger partial charge is 0.444 e. The van der Waals surface area contributed by atoms with Crippen molar-refractivity contribution in [1.82, 2.24) is 18.9 Å². The van der Waals surface area contributed by atoms with Gasteiger partial charge in [0.25, 0.3) is 5.91 Å². The highest BCUT2D eigenvalue weighted by molar-refractivity contribution is 6.00. The third-order valence-corrected chi connectivity index (χ3v) is 7.16. The summed E-state index contributed by atoms with van der Waals surface area (Å²) in [4.78, 5) is 53.0. The Morgan fingerprint density at radius 3 is 2.43 bits per heavy atom. The SMILES string of the molecule is CN1C(=O)CCC(n2c(=O)n(C)c3c(CCCOC4CCN(C(=O)OC(C)(C)C)CC4)cccc32)C1=O. The van der Waals surface area contributed by atoms with Gasteiger partial charge < -0.3 is 14.4 Å². The number of hydrogen-bond acceptors (Lipinski definition) is 6. The first-order valence-electron chi connectivity index (χ1n) is 13.1. The minimum absolute atomic E-state index is 0.108. The molecule has 0 N–H and O–H groups in total. The Labute approximate surface area is 217 Å². The Balaban J connectivity index is 1.36. The summed E-state index contributed by atoms with van der Waals surface area (Å²) < 4.78 is 14.7. The van der Waals surface area contributed by atoms with Gasteiger partial charge in [-0.05, 0) is 64.5 Å². The molecule has 2 saturated heterocycles. The quantitative estimate of drug-likeness (QED) is 0.434. The Bertz CT molecular complexity index is 1230. The van der Waals surface area contributed by atoms with Crippen molar-refractivity contribution in [2.24, 2.45) is 7.05 Å². The fourth-order valence-corrected chi connectivity index (χ4v) is 5.20. The van der Waals surface area contributed by atoms with Crippen LogP contribution in [0.15, 0.2) is 23.0 Å². The molecule has 202 valence electrons. The number of piperidine rings is 2. The summed E-state index contributed by atoms with van der Waals surface area (Å²) >= 11 is 0. The van der Waals surface area contributed by atoms with E-state index in [0.717, 1.165) is 41.7 Å². The number of rotatable bonds is 6. The van der Waals surface area contributed by atoms with Gasteiger partial charge in [0.15, 0.2) is 0 Å². The molecule has 2 aromatic rings. The van der Waals surface area contributed by atoms with Crippen LogP contribution >= 0.6 is 0 Å². The van der Waals surface area contributed by atoms with Gasteiger partial charge in [-0.25, -0.2) is 9.59 Å². The number of fused-ring (bicyclic) bond motifs is 1. The summed E-state index contributed by atoms with van der Waals surface area (Å²) in [7, 11) is 3.20. The minimum Gasteiger partial charge on any atom is -0.444 e. The zero-order chi connectivity index (χ0) is 26.9. The third-order valence-electron chi connectivity index (χ3n) is 7.16. The number of benzene rings is 1. The van der Waals surface area contributed by atoms with E-state index in [0.29, 0.717) is 31.6 Å². The average Bonchev–Trinajstić information content (AvgIpc) is 3.10. The van der Waals surface area contributed by atoms with Crippen LogP contribution in [-0.4, -0.2) is 75.3 Å². The van der Waals surface area contributed by atoms with Crippen molar-refractivity contribution < 1.29 is 23.9 Å². The van der Waals surface area contributed by atoms with Gasteiger partial charge in [-0.15, -0.1) is 0 Å². The van der Waals surface area contributed by atoms with Crippen molar-refractivity contribution in [3.05, 3.63) is 34.2 Å². The fraction of sp³-hybridized carbons (Fsp3) is 0.630. The lowest BCUT2D eigenvalue weighted by Gasteiger charge is -2.33. The van der Waals surface area contributed by atoms with Crippen LogP contribution in [0.25, 0.3) is 11.0 Å². The van der Waals surface area contributed by atoms with Gasteiger partial charge in [0.05, 0.1) is 17.1 Å². The normalized spacial score (nSPS) is 19.6. The van der Waals surface area contributed by atoms with Gasteiger partial charge in [0, 0.05) is 40.2 Å². The highest BCUT2D eigenvalue weighted by atomic mass is 16.6. The summed E-state index contributed by atoms with van der Waals surface area (Å²) in [5, 5.41) is 0. The van der Waals surface area contributed by atoms with E-state index in [4.69, 9.17) is 9.47 Å². The predicted molar refractivity (Wildman–Crippen MR) is 138 cm³/mol. The fourth-order valence-electron chi connectivity index (χ4n) is 5.20. The number of likely N-dealkylation sites (N-methyl/N-ethyl adjacent to an activating group) is 1. The third kappa shape index (κ3) is 5.74. The lowest BCUT2D eigenvalue weighted by atomic mass is 10.0. The van der Waals surface area contributed by atoms with Crippen molar-refractivity contribution in [3.63, 3.8) is 0 Å². The highest BCUT2D eigenvalue weighted by Gasteiger charge is 2.35. The van der Waals surface area contributed by atoms with Crippen LogP contribution in [0.5, 0.6) is 0 Å². The van der Waals surface area contributed by atoms with Gasteiger partial charge in [-0.3, -0.25) is 23.6 Å². The number of imidazole rings is 1. The first-order valence-corrected chi connectivity index (χ1v) is 13.1. The van der Waals surface area contributed by atoms with E-state index >= 15 is 0 Å². The van der Waals surface area contributed by atoms with E-state index in [-0.39, 0.29) is 36.1 Å². The zero-order valence-electron chi connectivity index (χ0n) is 22.5. The Hall–Kier alpha value is -3.14. The second kappa shape index (κ2) is 10.7. The second-order valence-corrected chi connectivity index (χ2v) is 11.0. The molecule has 2 aliphatic heterocycles. The van der Waals surface area contributed by atoms with Gasteiger partial charge in [-0.2, -0.15) is 0 Å². The number of aromatic nitrogens is 2. The molecule has 1 aromatic heterocycles. The molecule has 4 rings (SSSR count). The van der Waals surface area contributed by atoms with Crippen molar-refractivity contribution in [2.75, 3.05) is 26.7 Å². The molecule has 10 nitrogen and oxygen atoms in total. The summed E-state index contributed by atoms with van der Waals surface area (Å²) in [6.45, 7) is 7.42. The number of likely N-dealkylation sites (tertiary alicyclic amines) is 2. The van der Waals surface area contributed by atoms with E-state index in [1.807, 2.05) is 39.0 Å². The average molecular weight is 515 g/mol. The number of amides is 3. The van der Waals surface area contributed by atoms with E-state index in [9.17, 15) is 19.2 Å². The molecular formula is C27H38N4O6. The molecule has 37 heavy (non-hydrogen) atoms. The van der Waals surface area contributed by atoms with Crippen molar-refractivity contribution in [1.29, 1.82) is 0 Å². The number of carbonyl (C=O) groups excluding carboxylic acids is 3. The number of nitrogens with zero attached hydrogens (tertiary/aromatic N) is 4. The highest BCUT2D eigenvalue weighted by Crippen LogP contribution is 2.28. The van der Waals surface area contributed by atoms with Crippen LogP contribution in [-0.2, 0) is 32.5 Å². The maximum Gasteiger partial charge on any atom is 0.410 e. The smallest absolute Gasteiger partial charge is 0.410 e. The summed E-state index contributed by atoms with van der Waals surface area (Å²) in [5.41, 5.74) is 1.79. The van der Waals surface area contributed by atoms with E-state index in [1.54, 1.807) is 21.1 Å². The van der Waals surface area contributed by atoms with E-state index in [2.05, 4.69) is 0 Å². The summed E-state index contributed by atoms with van der Waals surface area (Å²) in [6.07, 6.45) is 3.46. The van der Waals surface area contributed by atoms with Crippen molar-refractivity contribution in [2.45, 2.75) is 77.0 Å². The Morgan fingerprint density at radius 2 is 1.76 bits per heavy atom. The minimum atomic E-state index is -0.677. The monoisotopic (exact) mass is 514 g/mol. The number of hydrogen-bond donors (Lipinski definition) is 0. The maximum absolute atomic E-state index is 13.2. The van der Waals surface area contributed by atoms with Crippen LogP contribution in [0.1, 0.15) is 64.5 Å². The van der Waals surface area contributed by atoms with Crippen molar-refractivity contribution >= 4 is 28.9 Å². The lowest BCUT2D eigenvalue weighted by molar-refractivity contribution is -0.149. The zero-order valence-corrected chi connectivity index (χ0v) is 22.5. The van der Waals surface area contributed by atoms with Gasteiger partial charge in [0.1, 0.15) is 11.6 Å². The molecule has 1 atom stereocenters. The number of ether oxygens (including phenoxy) is 2. The Kier molecular flexibility index (Phi) is 7.77. The van der Waals surface area contributed by atoms with Gasteiger partial charge in [0.2, 0.25) is 5.91 Å². The predicted octanol–water partition coefficient (Wildman–Crippen LogP) is 3.01. The molecule has 0 spiro atoms. The summed E-state index contributed by atoms with van der Waals surface area (Å²) in [5.74, 6) is -0.562. The standard InChI is InChI=1S/C27H38N4O6/c1-27(2,3)37-26(35)30-15-13-19(14-16-30)36-17-7-9-18-8-6-10-20-23(18)29(5)25(34)31(20)21-11-12-22(32)28(4)24(21)33/h6,8,10,19,21H,7,9,11-17H2,1-5H3. The molecule has 3 heterocycles. The molecule has 1 unspecified atom stereocenters. The number of para-hydroxylation sites is 1. The molecule has 2 aliphatic rings. The molecule has 0 radical (unpaired) electrons. The van der Waals surface area contributed by atoms with Crippen molar-refractivity contribution in [3.8, 4) is 0 Å². The lowest BCUT2D eigenvalue weighted by Crippen LogP contribution is -2.45. The van der Waals surface area contributed by atoms with Crippen LogP contribution in [0.4, 0.5) is 4.79 Å². The second-order valence-electron chi connectivity index (χ2n) is 11.0. The molecule has 2 fully saturated rings. The molecular weight excluding hydrogens is 476 g/mol. The molecule has 0 aliphatic carbocycles.